The molecule has 0 saturated carbocycles. The number of amides is 1. The van der Waals surface area contributed by atoms with Crippen molar-refractivity contribution in [3.8, 4) is 5.82 Å². The molecule has 7 nitrogen and oxygen atoms in total. The Labute approximate surface area is 146 Å². The molecular weight excluding hydrogens is 316 g/mol. The van der Waals surface area contributed by atoms with Crippen LogP contribution in [-0.4, -0.2) is 30.6 Å². The predicted octanol–water partition coefficient (Wildman–Crippen LogP) is 2.47. The lowest BCUT2D eigenvalue weighted by molar-refractivity contribution is 0.0934. The van der Waals surface area contributed by atoms with Gasteiger partial charge in [-0.3, -0.25) is 4.79 Å². The van der Waals surface area contributed by atoms with Crippen LogP contribution >= 0.6 is 0 Å². The quantitative estimate of drug-likeness (QED) is 0.791. The topological polar surface area (TPSA) is 85.6 Å². The Kier molecular flexibility index (Phi) is 4.56. The van der Waals surface area contributed by atoms with Gasteiger partial charge in [0.15, 0.2) is 5.82 Å². The van der Waals surface area contributed by atoms with Crippen molar-refractivity contribution in [3.63, 3.8) is 0 Å². The fraction of sp³-hybridized carbons (Fsp3) is 0.278. The third-order valence-electron chi connectivity index (χ3n) is 3.93. The molecule has 3 rings (SSSR count). The van der Waals surface area contributed by atoms with Gasteiger partial charge in [-0.25, -0.2) is 19.6 Å². The number of hydrogen-bond donors (Lipinski definition) is 1. The first-order valence-corrected chi connectivity index (χ1v) is 8.05. The van der Waals surface area contributed by atoms with Crippen LogP contribution in [0.15, 0.2) is 36.7 Å². The van der Waals surface area contributed by atoms with Gasteiger partial charge in [-0.05, 0) is 45.9 Å². The van der Waals surface area contributed by atoms with Crippen molar-refractivity contribution in [2.24, 2.45) is 0 Å². The molecule has 0 aliphatic carbocycles. The highest BCUT2D eigenvalue weighted by atomic mass is 16.1. The zero-order valence-corrected chi connectivity index (χ0v) is 14.7. The molecule has 0 saturated heterocycles. The highest BCUT2D eigenvalue weighted by molar-refractivity contribution is 5.92. The second-order valence-corrected chi connectivity index (χ2v) is 5.92. The van der Waals surface area contributed by atoms with Crippen LogP contribution in [0.4, 0.5) is 0 Å². The maximum Gasteiger partial charge on any atom is 0.270 e. The van der Waals surface area contributed by atoms with E-state index in [4.69, 9.17) is 0 Å². The van der Waals surface area contributed by atoms with E-state index in [9.17, 15) is 4.79 Å². The van der Waals surface area contributed by atoms with Gasteiger partial charge in [0.25, 0.3) is 5.91 Å². The minimum absolute atomic E-state index is 0.208. The van der Waals surface area contributed by atoms with Crippen LogP contribution in [0.5, 0.6) is 0 Å². The van der Waals surface area contributed by atoms with E-state index in [2.05, 4.69) is 25.4 Å². The zero-order chi connectivity index (χ0) is 18.0. The molecule has 0 unspecified atom stereocenters. The molecule has 25 heavy (non-hydrogen) atoms. The smallest absolute Gasteiger partial charge is 0.270 e. The Balaban J connectivity index is 1.81. The Morgan fingerprint density at radius 1 is 1.20 bits per heavy atom. The average molecular weight is 336 g/mol. The lowest BCUT2D eigenvalue weighted by atomic mass is 10.1. The molecule has 3 heterocycles. The molecule has 1 N–H and O–H groups in total. The van der Waals surface area contributed by atoms with Crippen molar-refractivity contribution in [2.75, 3.05) is 0 Å². The van der Waals surface area contributed by atoms with Crippen molar-refractivity contribution >= 4 is 5.91 Å². The molecule has 3 aromatic rings. The van der Waals surface area contributed by atoms with Crippen molar-refractivity contribution in [1.82, 2.24) is 30.0 Å². The van der Waals surface area contributed by atoms with Gasteiger partial charge >= 0.3 is 0 Å². The molecule has 7 heteroatoms. The number of aromatic nitrogens is 5. The largest absolute Gasteiger partial charge is 0.344 e. The molecule has 0 fully saturated rings. The van der Waals surface area contributed by atoms with Crippen LogP contribution < -0.4 is 5.32 Å². The molecule has 0 aliphatic heterocycles. The maximum atomic E-state index is 12.5. The molecule has 1 amide bonds. The summed E-state index contributed by atoms with van der Waals surface area (Å²) in [7, 11) is 0. The number of carbonyl (C=O) groups is 1. The van der Waals surface area contributed by atoms with Crippen molar-refractivity contribution in [1.29, 1.82) is 0 Å². The summed E-state index contributed by atoms with van der Waals surface area (Å²) in [5, 5.41) is 7.36. The second-order valence-electron chi connectivity index (χ2n) is 5.92. The number of aryl methyl sites for hydroxylation is 2. The van der Waals surface area contributed by atoms with E-state index >= 15 is 0 Å². The summed E-state index contributed by atoms with van der Waals surface area (Å²) in [6.45, 7) is 7.49. The fourth-order valence-corrected chi connectivity index (χ4v) is 2.74. The standard InChI is InChI=1S/C18H20N6O/c1-11-9-16(23-14(4)21-11)18(25)22-12(2)15-10-20-24(13(15)3)17-7-5-6-8-19-17/h5-10,12H,1-4H3,(H,22,25)/t12-/m0/s1. The average Bonchev–Trinajstić information content (AvgIpc) is 2.96. The first-order valence-electron chi connectivity index (χ1n) is 8.05. The summed E-state index contributed by atoms with van der Waals surface area (Å²) in [6, 6.07) is 7.13. The number of carbonyl (C=O) groups excluding carboxylic acids is 1. The van der Waals surface area contributed by atoms with E-state index < -0.39 is 0 Å². The van der Waals surface area contributed by atoms with Crippen molar-refractivity contribution in [2.45, 2.75) is 33.7 Å². The molecule has 0 spiro atoms. The molecular formula is C18H20N6O. The molecule has 0 aromatic carbocycles. The number of rotatable bonds is 4. The number of pyridine rings is 1. The van der Waals surface area contributed by atoms with Crippen LogP contribution in [0, 0.1) is 20.8 Å². The van der Waals surface area contributed by atoms with E-state index in [1.807, 2.05) is 39.0 Å². The summed E-state index contributed by atoms with van der Waals surface area (Å²) in [6.07, 6.45) is 3.48. The Bertz CT molecular complexity index is 883. The molecule has 128 valence electrons. The summed E-state index contributed by atoms with van der Waals surface area (Å²) in [5.74, 6) is 1.09. The van der Waals surface area contributed by atoms with Crippen LogP contribution in [0.25, 0.3) is 5.82 Å². The Hall–Kier alpha value is -3.09. The van der Waals surface area contributed by atoms with E-state index in [1.165, 1.54) is 0 Å². The first kappa shape index (κ1) is 16.8. The Morgan fingerprint density at radius 2 is 2.00 bits per heavy atom. The lowest BCUT2D eigenvalue weighted by Gasteiger charge is -2.14. The summed E-state index contributed by atoms with van der Waals surface area (Å²) >= 11 is 0. The highest BCUT2D eigenvalue weighted by Gasteiger charge is 2.18. The van der Waals surface area contributed by atoms with Crippen LogP contribution in [-0.2, 0) is 0 Å². The molecule has 0 bridgehead atoms. The summed E-state index contributed by atoms with van der Waals surface area (Å²) < 4.78 is 1.76. The maximum absolute atomic E-state index is 12.5. The van der Waals surface area contributed by atoms with E-state index in [1.54, 1.807) is 30.1 Å². The SMILES string of the molecule is Cc1cc(C(=O)N[C@@H](C)c2cnn(-c3ccccn3)c2C)nc(C)n1. The first-order chi connectivity index (χ1) is 12.0. The highest BCUT2D eigenvalue weighted by Crippen LogP contribution is 2.19. The zero-order valence-electron chi connectivity index (χ0n) is 14.7. The predicted molar refractivity (Wildman–Crippen MR) is 93.5 cm³/mol. The Morgan fingerprint density at radius 3 is 2.68 bits per heavy atom. The number of nitrogens with zero attached hydrogens (tertiary/aromatic N) is 5. The number of nitrogens with one attached hydrogen (secondary N) is 1. The third-order valence-corrected chi connectivity index (χ3v) is 3.93. The second kappa shape index (κ2) is 6.80. The number of hydrogen-bond acceptors (Lipinski definition) is 5. The van der Waals surface area contributed by atoms with Crippen LogP contribution in [0.1, 0.15) is 46.2 Å². The minimum Gasteiger partial charge on any atom is -0.344 e. The third kappa shape index (κ3) is 3.55. The van der Waals surface area contributed by atoms with Gasteiger partial charge < -0.3 is 5.32 Å². The molecule has 0 aliphatic rings. The molecule has 3 aromatic heterocycles. The normalized spacial score (nSPS) is 12.0. The summed E-state index contributed by atoms with van der Waals surface area (Å²) in [4.78, 5) is 25.2. The van der Waals surface area contributed by atoms with Gasteiger partial charge in [0.05, 0.1) is 12.2 Å². The van der Waals surface area contributed by atoms with Crippen molar-refractivity contribution < 1.29 is 4.79 Å². The van der Waals surface area contributed by atoms with Crippen LogP contribution in [0.3, 0.4) is 0 Å². The minimum atomic E-state index is -0.230. The van der Waals surface area contributed by atoms with E-state index in [0.29, 0.717) is 11.5 Å². The van der Waals surface area contributed by atoms with Gasteiger partial charge in [-0.1, -0.05) is 6.07 Å². The monoisotopic (exact) mass is 336 g/mol. The molecule has 0 radical (unpaired) electrons. The lowest BCUT2D eigenvalue weighted by Crippen LogP contribution is -2.28. The van der Waals surface area contributed by atoms with Gasteiger partial charge in [0.2, 0.25) is 0 Å². The molecule has 1 atom stereocenters. The summed E-state index contributed by atoms with van der Waals surface area (Å²) in [5.41, 5.74) is 3.00. The van der Waals surface area contributed by atoms with E-state index in [-0.39, 0.29) is 11.9 Å². The van der Waals surface area contributed by atoms with Crippen LogP contribution in [0.2, 0.25) is 0 Å². The van der Waals surface area contributed by atoms with Gasteiger partial charge in [0.1, 0.15) is 11.5 Å². The van der Waals surface area contributed by atoms with Gasteiger partial charge in [-0.2, -0.15) is 5.10 Å². The van der Waals surface area contributed by atoms with Crippen molar-refractivity contribution in [3.05, 3.63) is 65.1 Å². The van der Waals surface area contributed by atoms with Gasteiger partial charge in [0, 0.05) is 23.1 Å². The van der Waals surface area contributed by atoms with Gasteiger partial charge in [-0.15, -0.1) is 0 Å². The fourth-order valence-electron chi connectivity index (χ4n) is 2.74. The van der Waals surface area contributed by atoms with E-state index in [0.717, 1.165) is 22.8 Å².